The molecule has 118 valence electrons. The number of aryl methyl sites for hydroxylation is 1. The van der Waals surface area contributed by atoms with Crippen LogP contribution in [0.3, 0.4) is 0 Å². The number of rotatable bonds is 4. The molecule has 5 N–H and O–H groups in total. The Hall–Kier alpha value is -0.870. The predicted molar refractivity (Wildman–Crippen MR) is 76.9 cm³/mol. The lowest BCUT2D eigenvalue weighted by atomic mass is 10.2. The maximum atomic E-state index is 11.8. The number of aromatic nitrogens is 2. The van der Waals surface area contributed by atoms with E-state index in [-0.39, 0.29) is 12.2 Å². The lowest BCUT2D eigenvalue weighted by Crippen LogP contribution is -2.28. The van der Waals surface area contributed by atoms with Crippen LogP contribution in [0.2, 0.25) is 0 Å². The monoisotopic (exact) mass is 337 g/mol. The van der Waals surface area contributed by atoms with Crippen LogP contribution in [0, 0.1) is 6.92 Å². The maximum absolute atomic E-state index is 11.8. The van der Waals surface area contributed by atoms with Gasteiger partial charge in [0.25, 0.3) is 0 Å². The molecule has 1 aliphatic rings. The number of ether oxygens (including phenoxy) is 1. The van der Waals surface area contributed by atoms with E-state index in [2.05, 4.69) is 16.8 Å². The van der Waals surface area contributed by atoms with E-state index in [1.165, 1.54) is 10.8 Å². The fourth-order valence-corrected chi connectivity index (χ4v) is 3.01. The normalized spacial score (nSPS) is 26.2. The molecule has 1 aromatic rings. The molecule has 3 atom stereocenters. The first-order chi connectivity index (χ1) is 9.71. The molecule has 2 heterocycles. The number of nitrogen functional groups attached to an aromatic ring is 1. The van der Waals surface area contributed by atoms with Gasteiger partial charge in [-0.1, -0.05) is 0 Å². The van der Waals surface area contributed by atoms with Gasteiger partial charge in [-0.25, -0.2) is 4.79 Å². The van der Waals surface area contributed by atoms with E-state index in [1.54, 1.807) is 6.92 Å². The zero-order chi connectivity index (χ0) is 15.8. The number of aliphatic hydroxyl groups excluding tert-OH is 1. The number of anilines is 1. The second-order valence-electron chi connectivity index (χ2n) is 4.68. The highest BCUT2D eigenvalue weighted by atomic mass is 32.5. The largest absolute Gasteiger partial charge is 0.394 e. The van der Waals surface area contributed by atoms with Gasteiger partial charge in [0.15, 0.2) is 0 Å². The van der Waals surface area contributed by atoms with Crippen molar-refractivity contribution in [3.05, 3.63) is 22.2 Å². The summed E-state index contributed by atoms with van der Waals surface area (Å²) in [6.07, 6.45) is -0.796. The van der Waals surface area contributed by atoms with Gasteiger partial charge in [-0.2, -0.15) is 4.98 Å². The van der Waals surface area contributed by atoms with Crippen molar-refractivity contribution >= 4 is 24.3 Å². The van der Waals surface area contributed by atoms with Crippen LogP contribution in [0.25, 0.3) is 0 Å². The van der Waals surface area contributed by atoms with E-state index in [9.17, 15) is 19.7 Å². The summed E-state index contributed by atoms with van der Waals surface area (Å²) >= 11 is 4.41. The third kappa shape index (κ3) is 3.86. The summed E-state index contributed by atoms with van der Waals surface area (Å²) in [6, 6.07) is 0. The first kappa shape index (κ1) is 16.5. The van der Waals surface area contributed by atoms with Crippen molar-refractivity contribution in [3.8, 4) is 0 Å². The fraction of sp³-hybridized carbons (Fsp3) is 0.600. The Morgan fingerprint density at radius 3 is 2.90 bits per heavy atom. The second-order valence-corrected chi connectivity index (χ2v) is 7.30. The molecule has 1 aliphatic heterocycles. The Bertz CT molecular complexity index is 632. The number of aliphatic hydroxyl groups is 1. The molecule has 21 heavy (non-hydrogen) atoms. The third-order valence-electron chi connectivity index (χ3n) is 3.12. The number of nitrogens with zero attached hydrogens (tertiary/aromatic N) is 2. The van der Waals surface area contributed by atoms with Crippen LogP contribution < -0.4 is 11.4 Å². The van der Waals surface area contributed by atoms with E-state index < -0.39 is 37.5 Å². The fourth-order valence-electron chi connectivity index (χ4n) is 2.11. The van der Waals surface area contributed by atoms with Gasteiger partial charge in [-0.15, -0.1) is 0 Å². The summed E-state index contributed by atoms with van der Waals surface area (Å²) in [4.78, 5) is 33.9. The summed E-state index contributed by atoms with van der Waals surface area (Å²) in [5.74, 6) is 0.127. The molecular formula is C10H16N3O6PS. The highest BCUT2D eigenvalue weighted by Gasteiger charge is 2.39. The van der Waals surface area contributed by atoms with Crippen molar-refractivity contribution < 1.29 is 24.2 Å². The van der Waals surface area contributed by atoms with Crippen molar-refractivity contribution in [2.75, 3.05) is 12.3 Å². The van der Waals surface area contributed by atoms with Crippen LogP contribution in [0.15, 0.2) is 11.0 Å². The van der Waals surface area contributed by atoms with Gasteiger partial charge in [0.05, 0.1) is 12.7 Å². The smallest absolute Gasteiger partial charge is 0.351 e. The number of hydrogen-bond donors (Lipinski definition) is 4. The zero-order valence-corrected chi connectivity index (χ0v) is 12.8. The third-order valence-corrected chi connectivity index (χ3v) is 3.92. The van der Waals surface area contributed by atoms with E-state index in [4.69, 9.17) is 15.0 Å². The molecule has 9 nitrogen and oxygen atoms in total. The van der Waals surface area contributed by atoms with E-state index >= 15 is 0 Å². The highest BCUT2D eigenvalue weighted by Crippen LogP contribution is 2.43. The highest BCUT2D eigenvalue weighted by molar-refractivity contribution is 8.06. The Labute approximate surface area is 125 Å². The van der Waals surface area contributed by atoms with E-state index in [0.717, 1.165) is 0 Å². The molecule has 0 unspecified atom stereocenters. The summed E-state index contributed by atoms with van der Waals surface area (Å²) in [5.41, 5.74) is 5.54. The Kier molecular flexibility index (Phi) is 4.79. The zero-order valence-electron chi connectivity index (χ0n) is 11.1. The van der Waals surface area contributed by atoms with Crippen LogP contribution in [-0.2, 0) is 21.1 Å². The minimum absolute atomic E-state index is 0.121. The minimum atomic E-state index is -3.89. The molecule has 0 aliphatic carbocycles. The van der Waals surface area contributed by atoms with Gasteiger partial charge in [-0.05, 0) is 18.7 Å². The van der Waals surface area contributed by atoms with Crippen molar-refractivity contribution in [1.29, 1.82) is 0 Å². The second kappa shape index (κ2) is 6.09. The van der Waals surface area contributed by atoms with Crippen molar-refractivity contribution in [2.45, 2.75) is 31.8 Å². The summed E-state index contributed by atoms with van der Waals surface area (Å²) in [6.45, 7) is -2.62. The molecule has 0 spiro atoms. The number of hydrogen-bond acceptors (Lipinski definition) is 7. The van der Waals surface area contributed by atoms with Gasteiger partial charge < -0.3 is 29.9 Å². The van der Waals surface area contributed by atoms with Gasteiger partial charge in [0, 0.05) is 18.2 Å². The number of nitrogens with two attached hydrogens (primary N) is 1. The van der Waals surface area contributed by atoms with Crippen molar-refractivity contribution in [2.24, 2.45) is 0 Å². The van der Waals surface area contributed by atoms with Crippen LogP contribution in [-0.4, -0.2) is 43.3 Å². The molecule has 0 bridgehead atoms. The van der Waals surface area contributed by atoms with Gasteiger partial charge >= 0.3 is 12.4 Å². The SMILES string of the molecule is Cc1cn([C@H]2C[C@H](OP(O)(O)=S)[C@@H](CO)O2)c(=O)nc1N. The Balaban J connectivity index is 2.25. The van der Waals surface area contributed by atoms with Gasteiger partial charge in [0.2, 0.25) is 0 Å². The van der Waals surface area contributed by atoms with Crippen LogP contribution in [0.4, 0.5) is 5.82 Å². The quantitative estimate of drug-likeness (QED) is 0.510. The van der Waals surface area contributed by atoms with Crippen LogP contribution >= 0.6 is 6.72 Å². The summed E-state index contributed by atoms with van der Waals surface area (Å²) < 4.78 is 11.6. The molecule has 1 aromatic heterocycles. The Morgan fingerprint density at radius 1 is 1.67 bits per heavy atom. The molecule has 0 radical (unpaired) electrons. The average Bonchev–Trinajstić information content (AvgIpc) is 2.74. The Morgan fingerprint density at radius 2 is 2.33 bits per heavy atom. The molecule has 0 aromatic carbocycles. The molecular weight excluding hydrogens is 321 g/mol. The van der Waals surface area contributed by atoms with Crippen LogP contribution in [0.5, 0.6) is 0 Å². The maximum Gasteiger partial charge on any atom is 0.351 e. The molecule has 1 saturated heterocycles. The molecule has 0 amide bonds. The lowest BCUT2D eigenvalue weighted by molar-refractivity contribution is -0.0434. The van der Waals surface area contributed by atoms with Crippen molar-refractivity contribution in [1.82, 2.24) is 9.55 Å². The first-order valence-corrected chi connectivity index (χ1v) is 8.69. The molecule has 0 saturated carbocycles. The first-order valence-electron chi connectivity index (χ1n) is 6.07. The molecule has 1 fully saturated rings. The standard InChI is InChI=1S/C10H16N3O6PS/c1-5-3-13(10(15)12-9(5)11)8-2-6(7(4-14)18-8)19-20(16,17)21/h3,6-8,14H,2,4H2,1H3,(H2,11,12,15)(H2,16,17,21)/t6-,7+,8+/m0/s1. The predicted octanol–water partition coefficient (Wildman–Crippen LogP) is -0.992. The lowest BCUT2D eigenvalue weighted by Gasteiger charge is -2.18. The van der Waals surface area contributed by atoms with Gasteiger partial charge in [-0.3, -0.25) is 4.57 Å². The summed E-state index contributed by atoms with van der Waals surface area (Å²) in [5, 5.41) is 9.25. The van der Waals surface area contributed by atoms with Crippen LogP contribution in [0.1, 0.15) is 18.2 Å². The van der Waals surface area contributed by atoms with E-state index in [0.29, 0.717) is 5.56 Å². The average molecular weight is 337 g/mol. The molecule has 11 heteroatoms. The minimum Gasteiger partial charge on any atom is -0.394 e. The van der Waals surface area contributed by atoms with Gasteiger partial charge in [0.1, 0.15) is 18.1 Å². The van der Waals surface area contributed by atoms with E-state index in [1.807, 2.05) is 0 Å². The molecule has 2 rings (SSSR count). The van der Waals surface area contributed by atoms with Crippen molar-refractivity contribution in [3.63, 3.8) is 0 Å². The summed E-state index contributed by atoms with van der Waals surface area (Å²) in [7, 11) is 0. The topological polar surface area (TPSA) is 140 Å².